The van der Waals surface area contributed by atoms with Crippen LogP contribution in [0.1, 0.15) is 49.7 Å². The smallest absolute Gasteiger partial charge is 0.151 e. The number of rotatable bonds is 7. The summed E-state index contributed by atoms with van der Waals surface area (Å²) in [4.78, 5) is 20.7. The van der Waals surface area contributed by atoms with E-state index in [4.69, 9.17) is 10.5 Å². The van der Waals surface area contributed by atoms with Gasteiger partial charge in [-0.15, -0.1) is 0 Å². The molecular weight excluding hydrogens is 316 g/mol. The van der Waals surface area contributed by atoms with Crippen LogP contribution in [0.25, 0.3) is 11.0 Å². The number of carbonyl (C=O) groups is 1. The van der Waals surface area contributed by atoms with Crippen LogP contribution in [0, 0.1) is 19.8 Å². The van der Waals surface area contributed by atoms with Gasteiger partial charge in [0.25, 0.3) is 0 Å². The van der Waals surface area contributed by atoms with E-state index >= 15 is 0 Å². The van der Waals surface area contributed by atoms with Gasteiger partial charge in [0, 0.05) is 37.6 Å². The zero-order valence-corrected chi connectivity index (χ0v) is 15.5. The van der Waals surface area contributed by atoms with Crippen molar-refractivity contribution in [3.05, 3.63) is 17.1 Å². The van der Waals surface area contributed by atoms with Gasteiger partial charge in [-0.3, -0.25) is 4.79 Å². The molecule has 1 fully saturated rings. The van der Waals surface area contributed by atoms with Gasteiger partial charge < -0.3 is 15.0 Å². The van der Waals surface area contributed by atoms with Crippen molar-refractivity contribution >= 4 is 22.6 Å². The van der Waals surface area contributed by atoms with Crippen LogP contribution in [0.2, 0.25) is 0 Å². The van der Waals surface area contributed by atoms with Crippen molar-refractivity contribution < 1.29 is 9.53 Å². The summed E-state index contributed by atoms with van der Waals surface area (Å²) in [6.07, 6.45) is 4.50. The van der Waals surface area contributed by atoms with E-state index in [9.17, 15) is 4.79 Å². The Hall–Kier alpha value is -1.95. The highest BCUT2D eigenvalue weighted by atomic mass is 16.5. The molecule has 2 heterocycles. The van der Waals surface area contributed by atoms with Crippen molar-refractivity contribution in [3.8, 4) is 0 Å². The van der Waals surface area contributed by atoms with Crippen LogP contribution in [-0.2, 0) is 22.5 Å². The standard InChI is InChI=1S/C19H28N4O2/c1-4-16-22-17-18(12(2)13(3)21-19(17)20)23(16)9-11-25-10-8-14-6-5-7-15(14)24/h14H,4-11H2,1-3H3,(H2,20,21). The molecule has 2 aromatic rings. The van der Waals surface area contributed by atoms with Gasteiger partial charge in [0.2, 0.25) is 0 Å². The first-order valence-corrected chi connectivity index (χ1v) is 9.25. The number of hydrogen-bond donors (Lipinski definition) is 1. The molecule has 0 radical (unpaired) electrons. The third-order valence-corrected chi connectivity index (χ3v) is 5.29. The summed E-state index contributed by atoms with van der Waals surface area (Å²) in [6.45, 7) is 8.13. The van der Waals surface area contributed by atoms with E-state index < -0.39 is 0 Å². The minimum atomic E-state index is 0.219. The first-order valence-electron chi connectivity index (χ1n) is 9.25. The van der Waals surface area contributed by atoms with Crippen LogP contribution in [0.5, 0.6) is 0 Å². The number of hydrogen-bond acceptors (Lipinski definition) is 5. The van der Waals surface area contributed by atoms with E-state index in [-0.39, 0.29) is 5.92 Å². The molecule has 0 spiro atoms. The number of ether oxygens (including phenoxy) is 1. The van der Waals surface area contributed by atoms with Gasteiger partial charge in [-0.1, -0.05) is 6.92 Å². The van der Waals surface area contributed by atoms with E-state index in [1.165, 1.54) is 0 Å². The van der Waals surface area contributed by atoms with Crippen LogP contribution < -0.4 is 5.73 Å². The zero-order valence-electron chi connectivity index (χ0n) is 15.5. The average Bonchev–Trinajstić information content (AvgIpc) is 3.16. The van der Waals surface area contributed by atoms with Gasteiger partial charge in [0.15, 0.2) is 5.82 Å². The number of ketones is 1. The average molecular weight is 344 g/mol. The van der Waals surface area contributed by atoms with Crippen molar-refractivity contribution in [3.63, 3.8) is 0 Å². The van der Waals surface area contributed by atoms with E-state index in [2.05, 4.69) is 28.4 Å². The minimum absolute atomic E-state index is 0.219. The van der Waals surface area contributed by atoms with E-state index in [0.29, 0.717) is 24.8 Å². The molecule has 136 valence electrons. The molecule has 0 bridgehead atoms. The molecule has 2 N–H and O–H groups in total. The number of aromatic nitrogens is 3. The maximum absolute atomic E-state index is 11.7. The molecule has 3 rings (SSSR count). The summed E-state index contributed by atoms with van der Waals surface area (Å²) in [5, 5.41) is 0. The molecular formula is C19H28N4O2. The summed E-state index contributed by atoms with van der Waals surface area (Å²) in [7, 11) is 0. The Morgan fingerprint density at radius 1 is 1.28 bits per heavy atom. The normalized spacial score (nSPS) is 17.7. The van der Waals surface area contributed by atoms with Crippen LogP contribution in [0.4, 0.5) is 5.82 Å². The fraction of sp³-hybridized carbons (Fsp3) is 0.632. The van der Waals surface area contributed by atoms with E-state index in [1.54, 1.807) is 0 Å². The molecule has 6 nitrogen and oxygen atoms in total. The number of anilines is 1. The Bertz CT molecular complexity index is 782. The lowest BCUT2D eigenvalue weighted by molar-refractivity contribution is -0.121. The second kappa shape index (κ2) is 7.52. The molecule has 1 aliphatic carbocycles. The topological polar surface area (TPSA) is 83.0 Å². The van der Waals surface area contributed by atoms with Crippen LogP contribution >= 0.6 is 0 Å². The quantitative estimate of drug-likeness (QED) is 0.781. The predicted molar refractivity (Wildman–Crippen MR) is 98.6 cm³/mol. The first kappa shape index (κ1) is 17.9. The largest absolute Gasteiger partial charge is 0.382 e. The lowest BCUT2D eigenvalue weighted by Crippen LogP contribution is -2.13. The van der Waals surface area contributed by atoms with Crippen molar-refractivity contribution in [2.45, 2.75) is 59.4 Å². The Balaban J connectivity index is 1.67. The highest BCUT2D eigenvalue weighted by molar-refractivity contribution is 5.88. The summed E-state index contributed by atoms with van der Waals surface area (Å²) in [5.41, 5.74) is 9.98. The number of Topliss-reactive ketones (excluding diaryl/α,β-unsaturated/α-hetero) is 1. The maximum atomic E-state index is 11.7. The number of nitrogens with two attached hydrogens (primary N) is 1. The molecule has 1 unspecified atom stereocenters. The highest BCUT2D eigenvalue weighted by Crippen LogP contribution is 2.26. The number of fused-ring (bicyclic) bond motifs is 1. The number of nitrogen functional groups attached to an aromatic ring is 1. The third kappa shape index (κ3) is 3.54. The number of aryl methyl sites for hydroxylation is 3. The predicted octanol–water partition coefficient (Wildman–Crippen LogP) is 2.97. The molecule has 2 aromatic heterocycles. The van der Waals surface area contributed by atoms with Gasteiger partial charge >= 0.3 is 0 Å². The lowest BCUT2D eigenvalue weighted by atomic mass is 10.0. The number of nitrogens with zero attached hydrogens (tertiary/aromatic N) is 3. The van der Waals surface area contributed by atoms with E-state index in [0.717, 1.165) is 66.8 Å². The summed E-state index contributed by atoms with van der Waals surface area (Å²) < 4.78 is 8.02. The highest BCUT2D eigenvalue weighted by Gasteiger charge is 2.23. The Kier molecular flexibility index (Phi) is 5.37. The molecule has 0 saturated heterocycles. The molecule has 1 atom stereocenters. The number of pyridine rings is 1. The van der Waals surface area contributed by atoms with Crippen molar-refractivity contribution in [2.75, 3.05) is 18.9 Å². The van der Waals surface area contributed by atoms with Crippen molar-refractivity contribution in [1.82, 2.24) is 14.5 Å². The van der Waals surface area contributed by atoms with Gasteiger partial charge in [-0.2, -0.15) is 0 Å². The fourth-order valence-corrected chi connectivity index (χ4v) is 3.73. The monoisotopic (exact) mass is 344 g/mol. The van der Waals surface area contributed by atoms with Gasteiger partial charge in [-0.25, -0.2) is 9.97 Å². The molecule has 0 aromatic carbocycles. The minimum Gasteiger partial charge on any atom is -0.382 e. The maximum Gasteiger partial charge on any atom is 0.151 e. The molecule has 0 aliphatic heterocycles. The second-order valence-electron chi connectivity index (χ2n) is 6.89. The van der Waals surface area contributed by atoms with Crippen molar-refractivity contribution in [1.29, 1.82) is 0 Å². The fourth-order valence-electron chi connectivity index (χ4n) is 3.73. The van der Waals surface area contributed by atoms with Crippen LogP contribution in [-0.4, -0.2) is 33.5 Å². The molecule has 0 amide bonds. The summed E-state index contributed by atoms with van der Waals surface area (Å²) in [6, 6.07) is 0. The third-order valence-electron chi connectivity index (χ3n) is 5.29. The van der Waals surface area contributed by atoms with Gasteiger partial charge in [-0.05, 0) is 38.7 Å². The van der Waals surface area contributed by atoms with Crippen molar-refractivity contribution in [2.24, 2.45) is 5.92 Å². The van der Waals surface area contributed by atoms with Gasteiger partial charge in [0.1, 0.15) is 17.1 Å². The van der Waals surface area contributed by atoms with Crippen LogP contribution in [0.15, 0.2) is 0 Å². The first-order chi connectivity index (χ1) is 12.0. The summed E-state index contributed by atoms with van der Waals surface area (Å²) in [5.74, 6) is 2.13. The van der Waals surface area contributed by atoms with E-state index in [1.807, 2.05) is 6.92 Å². The lowest BCUT2D eigenvalue weighted by Gasteiger charge is -2.12. The Morgan fingerprint density at radius 2 is 2.08 bits per heavy atom. The number of carbonyl (C=O) groups excluding carboxylic acids is 1. The SMILES string of the molecule is CCc1nc2c(N)nc(C)c(C)c2n1CCOCCC1CCCC1=O. The number of imidazole rings is 1. The molecule has 6 heteroatoms. The van der Waals surface area contributed by atoms with Crippen LogP contribution in [0.3, 0.4) is 0 Å². The molecule has 1 aliphatic rings. The second-order valence-corrected chi connectivity index (χ2v) is 6.89. The zero-order chi connectivity index (χ0) is 18.0. The molecule has 1 saturated carbocycles. The Morgan fingerprint density at radius 3 is 2.76 bits per heavy atom. The molecule has 25 heavy (non-hydrogen) atoms. The summed E-state index contributed by atoms with van der Waals surface area (Å²) >= 11 is 0. The Labute approximate surface area is 148 Å². The van der Waals surface area contributed by atoms with Gasteiger partial charge in [0.05, 0.1) is 12.1 Å².